The van der Waals surface area contributed by atoms with Crippen LogP contribution >= 0.6 is 23.2 Å². The van der Waals surface area contributed by atoms with E-state index >= 15 is 0 Å². The van der Waals surface area contributed by atoms with Gasteiger partial charge in [-0.3, -0.25) is 4.79 Å². The van der Waals surface area contributed by atoms with Crippen molar-refractivity contribution in [3.63, 3.8) is 0 Å². The number of carbonyl (C=O) groups is 1. The number of amides is 1. The molecule has 1 amide bonds. The molecule has 37 heavy (non-hydrogen) atoms. The van der Waals surface area contributed by atoms with Crippen LogP contribution < -0.4 is 4.90 Å². The van der Waals surface area contributed by atoms with Crippen molar-refractivity contribution in [3.8, 4) is 16.8 Å². The highest BCUT2D eigenvalue weighted by molar-refractivity contribution is 6.31. The molecule has 1 aliphatic heterocycles. The first-order chi connectivity index (χ1) is 18.1. The summed E-state index contributed by atoms with van der Waals surface area (Å²) in [5.74, 6) is 0.853. The van der Waals surface area contributed by atoms with Crippen LogP contribution in [0.4, 0.5) is 5.82 Å². The lowest BCUT2D eigenvalue weighted by Crippen LogP contribution is -2.49. The minimum atomic E-state index is -0.00734. The summed E-state index contributed by atoms with van der Waals surface area (Å²) in [6.07, 6.45) is 3.71. The molecule has 0 atom stereocenters. The number of halogens is 2. The van der Waals surface area contributed by atoms with Gasteiger partial charge in [0.2, 0.25) is 0 Å². The van der Waals surface area contributed by atoms with E-state index in [1.807, 2.05) is 47.4 Å². The van der Waals surface area contributed by atoms with Gasteiger partial charge in [0.05, 0.1) is 5.39 Å². The highest BCUT2D eigenvalue weighted by Gasteiger charge is 2.26. The van der Waals surface area contributed by atoms with E-state index in [2.05, 4.69) is 32.8 Å². The number of hydrogen-bond acceptors (Lipinski definition) is 4. The quantitative estimate of drug-likeness (QED) is 0.273. The number of rotatable bonds is 4. The van der Waals surface area contributed by atoms with Crippen LogP contribution in [0.25, 0.3) is 27.8 Å². The lowest BCUT2D eigenvalue weighted by molar-refractivity contribution is 0.0746. The molecule has 184 valence electrons. The molecule has 0 radical (unpaired) electrons. The van der Waals surface area contributed by atoms with Crippen molar-refractivity contribution in [1.82, 2.24) is 19.4 Å². The third-order valence-corrected chi connectivity index (χ3v) is 7.14. The van der Waals surface area contributed by atoms with Crippen LogP contribution in [0.5, 0.6) is 0 Å². The molecule has 3 aromatic carbocycles. The Morgan fingerprint density at radius 2 is 1.51 bits per heavy atom. The average Bonchev–Trinajstić information content (AvgIpc) is 3.33. The first kappa shape index (κ1) is 23.5. The molecule has 0 bridgehead atoms. The van der Waals surface area contributed by atoms with Crippen LogP contribution in [0.1, 0.15) is 10.4 Å². The lowest BCUT2D eigenvalue weighted by Gasteiger charge is -2.35. The van der Waals surface area contributed by atoms with E-state index in [9.17, 15) is 4.79 Å². The maximum Gasteiger partial charge on any atom is 0.254 e. The highest BCUT2D eigenvalue weighted by atomic mass is 35.5. The van der Waals surface area contributed by atoms with Crippen LogP contribution in [0, 0.1) is 0 Å². The molecule has 1 saturated heterocycles. The molecule has 0 aliphatic carbocycles. The largest absolute Gasteiger partial charge is 0.352 e. The molecule has 2 aromatic heterocycles. The van der Waals surface area contributed by atoms with Gasteiger partial charge >= 0.3 is 0 Å². The van der Waals surface area contributed by atoms with Gasteiger partial charge in [-0.15, -0.1) is 0 Å². The average molecular weight is 528 g/mol. The van der Waals surface area contributed by atoms with E-state index in [0.717, 1.165) is 33.7 Å². The predicted molar refractivity (Wildman–Crippen MR) is 149 cm³/mol. The van der Waals surface area contributed by atoms with Crippen LogP contribution in [-0.2, 0) is 0 Å². The highest BCUT2D eigenvalue weighted by Crippen LogP contribution is 2.37. The van der Waals surface area contributed by atoms with E-state index in [4.69, 9.17) is 28.2 Å². The number of fused-ring (bicyclic) bond motifs is 1. The maximum atomic E-state index is 13.0. The minimum Gasteiger partial charge on any atom is -0.352 e. The second-order valence-corrected chi connectivity index (χ2v) is 9.82. The van der Waals surface area contributed by atoms with Crippen LogP contribution in [0.3, 0.4) is 0 Å². The summed E-state index contributed by atoms with van der Waals surface area (Å²) in [5.41, 5.74) is 4.47. The standard InChI is InChI=1S/C29H23Cl2N5O/c30-22-9-4-8-21(16-22)29(37)35-14-12-34(13-15-35)27-26-25(20-6-2-1-3-7-20)18-36(28(26)33-19-32-27)24-11-5-10-23(31)17-24/h1-11,16-19H,12-15H2. The molecular weight excluding hydrogens is 505 g/mol. The summed E-state index contributed by atoms with van der Waals surface area (Å²) < 4.78 is 2.06. The van der Waals surface area contributed by atoms with Crippen molar-refractivity contribution in [1.29, 1.82) is 0 Å². The summed E-state index contributed by atoms with van der Waals surface area (Å²) >= 11 is 12.4. The molecule has 3 heterocycles. The van der Waals surface area contributed by atoms with E-state index in [1.165, 1.54) is 0 Å². The van der Waals surface area contributed by atoms with Gasteiger partial charge in [0.1, 0.15) is 12.1 Å². The van der Waals surface area contributed by atoms with Crippen LogP contribution in [0.15, 0.2) is 91.4 Å². The number of piperazine rings is 1. The molecule has 0 unspecified atom stereocenters. The number of hydrogen-bond donors (Lipinski definition) is 0. The Kier molecular flexibility index (Phi) is 6.28. The molecule has 6 rings (SSSR count). The molecule has 8 heteroatoms. The summed E-state index contributed by atoms with van der Waals surface area (Å²) in [6, 6.07) is 25.1. The van der Waals surface area contributed by atoms with Gasteiger partial charge in [-0.05, 0) is 42.0 Å². The van der Waals surface area contributed by atoms with E-state index in [0.29, 0.717) is 41.8 Å². The number of aromatic nitrogens is 3. The van der Waals surface area contributed by atoms with Crippen LogP contribution in [-0.4, -0.2) is 51.5 Å². The third-order valence-electron chi connectivity index (χ3n) is 6.67. The molecular formula is C29H23Cl2N5O. The Bertz CT molecular complexity index is 1590. The van der Waals surface area contributed by atoms with Gasteiger partial charge in [0.25, 0.3) is 5.91 Å². The Labute approximate surface area is 224 Å². The van der Waals surface area contributed by atoms with E-state index in [-0.39, 0.29) is 5.91 Å². The van der Waals surface area contributed by atoms with Crippen molar-refractivity contribution < 1.29 is 4.79 Å². The Hall–Kier alpha value is -3.87. The Morgan fingerprint density at radius 3 is 2.24 bits per heavy atom. The van der Waals surface area contributed by atoms with Crippen molar-refractivity contribution in [2.24, 2.45) is 0 Å². The predicted octanol–water partition coefficient (Wildman–Crippen LogP) is 6.36. The summed E-state index contributed by atoms with van der Waals surface area (Å²) in [5, 5.41) is 2.20. The third kappa shape index (κ3) is 4.54. The molecule has 0 saturated carbocycles. The zero-order valence-electron chi connectivity index (χ0n) is 19.9. The smallest absolute Gasteiger partial charge is 0.254 e. The van der Waals surface area contributed by atoms with E-state index < -0.39 is 0 Å². The van der Waals surface area contributed by atoms with Crippen LogP contribution in [0.2, 0.25) is 10.0 Å². The van der Waals surface area contributed by atoms with Gasteiger partial charge in [0, 0.05) is 59.2 Å². The lowest BCUT2D eigenvalue weighted by atomic mass is 10.1. The molecule has 6 nitrogen and oxygen atoms in total. The first-order valence-electron chi connectivity index (χ1n) is 12.1. The zero-order chi connectivity index (χ0) is 25.4. The van der Waals surface area contributed by atoms with Crippen molar-refractivity contribution >= 4 is 46.0 Å². The van der Waals surface area contributed by atoms with Gasteiger partial charge in [-0.1, -0.05) is 65.7 Å². The monoisotopic (exact) mass is 527 g/mol. The molecule has 0 spiro atoms. The summed E-state index contributed by atoms with van der Waals surface area (Å²) in [4.78, 5) is 26.6. The van der Waals surface area contributed by atoms with Crippen molar-refractivity contribution in [2.75, 3.05) is 31.1 Å². The number of nitrogens with zero attached hydrogens (tertiary/aromatic N) is 5. The Balaban J connectivity index is 1.38. The zero-order valence-corrected chi connectivity index (χ0v) is 21.4. The summed E-state index contributed by atoms with van der Waals surface area (Å²) in [7, 11) is 0. The van der Waals surface area contributed by atoms with Crippen molar-refractivity contribution in [2.45, 2.75) is 0 Å². The van der Waals surface area contributed by atoms with Gasteiger partial charge in [0.15, 0.2) is 5.65 Å². The second kappa shape index (κ2) is 9.88. The molecule has 1 aliphatic rings. The number of carbonyl (C=O) groups excluding carboxylic acids is 1. The van der Waals surface area contributed by atoms with Gasteiger partial charge < -0.3 is 14.4 Å². The normalized spacial score (nSPS) is 13.8. The summed E-state index contributed by atoms with van der Waals surface area (Å²) in [6.45, 7) is 2.50. The second-order valence-electron chi connectivity index (χ2n) is 8.94. The fraction of sp³-hybridized carbons (Fsp3) is 0.138. The van der Waals surface area contributed by atoms with Gasteiger partial charge in [-0.2, -0.15) is 0 Å². The topological polar surface area (TPSA) is 54.3 Å². The molecule has 5 aromatic rings. The molecule has 1 fully saturated rings. The van der Waals surface area contributed by atoms with Gasteiger partial charge in [-0.25, -0.2) is 9.97 Å². The Morgan fingerprint density at radius 1 is 0.784 bits per heavy atom. The first-order valence-corrected chi connectivity index (χ1v) is 12.8. The maximum absolute atomic E-state index is 13.0. The van der Waals surface area contributed by atoms with E-state index in [1.54, 1.807) is 30.6 Å². The van der Waals surface area contributed by atoms with Crippen molar-refractivity contribution in [3.05, 3.63) is 107 Å². The SMILES string of the molecule is O=C(c1cccc(Cl)c1)N1CCN(c2ncnc3c2c(-c2ccccc2)cn3-c2cccc(Cl)c2)CC1. The minimum absolute atomic E-state index is 0.00734. The number of benzene rings is 3. The number of anilines is 1. The fourth-order valence-electron chi connectivity index (χ4n) is 4.87. The molecule has 0 N–H and O–H groups in total. The fourth-order valence-corrected chi connectivity index (χ4v) is 5.25.